The quantitative estimate of drug-likeness (QED) is 0.765. The molecule has 0 radical (unpaired) electrons. The third-order valence-electron chi connectivity index (χ3n) is 3.01. The van der Waals surface area contributed by atoms with Crippen LogP contribution in [0.2, 0.25) is 0 Å². The third kappa shape index (κ3) is 5.12. The minimum atomic E-state index is -0.0871. The van der Waals surface area contributed by atoms with Crippen molar-refractivity contribution in [2.75, 3.05) is 19.6 Å². The molecule has 0 saturated heterocycles. The number of amides is 2. The molecule has 0 bridgehead atoms. The van der Waals surface area contributed by atoms with Gasteiger partial charge >= 0.3 is 0 Å². The van der Waals surface area contributed by atoms with Gasteiger partial charge in [0.2, 0.25) is 5.91 Å². The average Bonchev–Trinajstić information content (AvgIpc) is 2.45. The fourth-order valence-electron chi connectivity index (χ4n) is 1.87. The van der Waals surface area contributed by atoms with Crippen LogP contribution in [-0.4, -0.2) is 36.3 Å². The maximum absolute atomic E-state index is 11.7. The highest BCUT2D eigenvalue weighted by molar-refractivity contribution is 5.94. The molecule has 2 amide bonds. The second kappa shape index (κ2) is 8.29. The summed E-state index contributed by atoms with van der Waals surface area (Å²) in [6, 6.07) is 9.09. The molecule has 0 aliphatic heterocycles. The molecule has 0 unspecified atom stereocenters. The standard InChI is InChI=1S/C15H22N2O2/c1-3-17(4-2)14(18)11-8-12-16-15(19)13-9-6-5-7-10-13/h5-7,9-10H,3-4,8,11-12H2,1-2H3,(H,16,19). The fourth-order valence-corrected chi connectivity index (χ4v) is 1.87. The second-order valence-corrected chi connectivity index (χ2v) is 4.29. The van der Waals surface area contributed by atoms with Gasteiger partial charge < -0.3 is 10.2 Å². The predicted molar refractivity (Wildman–Crippen MR) is 75.9 cm³/mol. The molecule has 0 aliphatic rings. The number of benzene rings is 1. The van der Waals surface area contributed by atoms with Crippen LogP contribution in [0.4, 0.5) is 0 Å². The van der Waals surface area contributed by atoms with Crippen LogP contribution in [-0.2, 0) is 4.79 Å². The highest BCUT2D eigenvalue weighted by atomic mass is 16.2. The van der Waals surface area contributed by atoms with E-state index in [2.05, 4.69) is 5.32 Å². The van der Waals surface area contributed by atoms with Crippen LogP contribution in [0.3, 0.4) is 0 Å². The number of carbonyl (C=O) groups is 2. The lowest BCUT2D eigenvalue weighted by atomic mass is 10.2. The van der Waals surface area contributed by atoms with Gasteiger partial charge in [0.15, 0.2) is 0 Å². The molecule has 19 heavy (non-hydrogen) atoms. The van der Waals surface area contributed by atoms with Gasteiger partial charge in [-0.05, 0) is 32.4 Å². The van der Waals surface area contributed by atoms with Crippen LogP contribution in [0.5, 0.6) is 0 Å². The molecule has 1 rings (SSSR count). The maximum atomic E-state index is 11.7. The molecule has 0 heterocycles. The van der Waals surface area contributed by atoms with E-state index in [0.29, 0.717) is 24.9 Å². The van der Waals surface area contributed by atoms with Gasteiger partial charge in [-0.25, -0.2) is 0 Å². The number of hydrogen-bond acceptors (Lipinski definition) is 2. The van der Waals surface area contributed by atoms with Gasteiger partial charge in [0.05, 0.1) is 0 Å². The lowest BCUT2D eigenvalue weighted by Crippen LogP contribution is -2.31. The molecule has 1 aromatic rings. The third-order valence-corrected chi connectivity index (χ3v) is 3.01. The Hall–Kier alpha value is -1.84. The molecule has 1 N–H and O–H groups in total. The summed E-state index contributed by atoms with van der Waals surface area (Å²) in [5.74, 6) is 0.0647. The van der Waals surface area contributed by atoms with E-state index in [4.69, 9.17) is 0 Å². The first kappa shape index (κ1) is 15.2. The fraction of sp³-hybridized carbons (Fsp3) is 0.467. The van der Waals surface area contributed by atoms with Crippen LogP contribution in [0.15, 0.2) is 30.3 Å². The minimum Gasteiger partial charge on any atom is -0.352 e. The molecule has 4 heteroatoms. The molecule has 4 nitrogen and oxygen atoms in total. The SMILES string of the molecule is CCN(CC)C(=O)CCCNC(=O)c1ccccc1. The van der Waals surface area contributed by atoms with Crippen LogP contribution < -0.4 is 5.32 Å². The molecule has 0 atom stereocenters. The summed E-state index contributed by atoms with van der Waals surface area (Å²) in [6.45, 7) is 5.95. The summed E-state index contributed by atoms with van der Waals surface area (Å²) in [5, 5.41) is 2.82. The van der Waals surface area contributed by atoms with Gasteiger partial charge in [0.1, 0.15) is 0 Å². The summed E-state index contributed by atoms with van der Waals surface area (Å²) in [6.07, 6.45) is 1.16. The Bertz CT molecular complexity index is 400. The van der Waals surface area contributed by atoms with Crippen molar-refractivity contribution in [3.8, 4) is 0 Å². The molecule has 0 fully saturated rings. The summed E-state index contributed by atoms with van der Waals surface area (Å²) < 4.78 is 0. The summed E-state index contributed by atoms with van der Waals surface area (Å²) in [7, 11) is 0. The number of nitrogens with zero attached hydrogens (tertiary/aromatic N) is 1. The van der Waals surface area contributed by atoms with Gasteiger partial charge in [-0.3, -0.25) is 9.59 Å². The minimum absolute atomic E-state index is 0.0871. The van der Waals surface area contributed by atoms with Crippen molar-refractivity contribution in [2.45, 2.75) is 26.7 Å². The van der Waals surface area contributed by atoms with E-state index >= 15 is 0 Å². The summed E-state index contributed by atoms with van der Waals surface area (Å²) in [4.78, 5) is 25.3. The van der Waals surface area contributed by atoms with E-state index in [0.717, 1.165) is 13.1 Å². The highest BCUT2D eigenvalue weighted by Gasteiger charge is 2.09. The summed E-state index contributed by atoms with van der Waals surface area (Å²) in [5.41, 5.74) is 0.651. The lowest BCUT2D eigenvalue weighted by molar-refractivity contribution is -0.130. The molecule has 0 saturated carbocycles. The zero-order chi connectivity index (χ0) is 14.1. The van der Waals surface area contributed by atoms with Crippen molar-refractivity contribution in [1.82, 2.24) is 10.2 Å². The molecule has 0 aliphatic carbocycles. The monoisotopic (exact) mass is 262 g/mol. The maximum Gasteiger partial charge on any atom is 0.251 e. The first-order valence-corrected chi connectivity index (χ1v) is 6.80. The van der Waals surface area contributed by atoms with E-state index in [1.165, 1.54) is 0 Å². The zero-order valence-electron chi connectivity index (χ0n) is 11.7. The van der Waals surface area contributed by atoms with Crippen molar-refractivity contribution in [3.63, 3.8) is 0 Å². The van der Waals surface area contributed by atoms with Crippen LogP contribution >= 0.6 is 0 Å². The molecule has 104 valence electrons. The van der Waals surface area contributed by atoms with Crippen LogP contribution in [0.25, 0.3) is 0 Å². The number of hydrogen-bond donors (Lipinski definition) is 1. The van der Waals surface area contributed by atoms with Crippen molar-refractivity contribution in [3.05, 3.63) is 35.9 Å². The predicted octanol–water partition coefficient (Wildman–Crippen LogP) is 2.06. The molecule has 1 aromatic carbocycles. The van der Waals surface area contributed by atoms with E-state index in [9.17, 15) is 9.59 Å². The normalized spacial score (nSPS) is 10.0. The smallest absolute Gasteiger partial charge is 0.251 e. The number of rotatable bonds is 7. The van der Waals surface area contributed by atoms with E-state index in [-0.39, 0.29) is 11.8 Å². The average molecular weight is 262 g/mol. The van der Waals surface area contributed by atoms with Gasteiger partial charge in [-0.1, -0.05) is 18.2 Å². The molecular formula is C15H22N2O2. The molecule has 0 aromatic heterocycles. The second-order valence-electron chi connectivity index (χ2n) is 4.29. The van der Waals surface area contributed by atoms with Gasteiger partial charge in [0.25, 0.3) is 5.91 Å². The lowest BCUT2D eigenvalue weighted by Gasteiger charge is -2.18. The number of nitrogens with one attached hydrogen (secondary N) is 1. The Morgan fingerprint density at radius 2 is 1.74 bits per heavy atom. The van der Waals surface area contributed by atoms with Crippen molar-refractivity contribution in [1.29, 1.82) is 0 Å². The highest BCUT2D eigenvalue weighted by Crippen LogP contribution is 1.99. The van der Waals surface area contributed by atoms with Crippen molar-refractivity contribution >= 4 is 11.8 Å². The Labute approximate surface area is 114 Å². The Morgan fingerprint density at radius 3 is 2.32 bits per heavy atom. The zero-order valence-corrected chi connectivity index (χ0v) is 11.7. The largest absolute Gasteiger partial charge is 0.352 e. The topological polar surface area (TPSA) is 49.4 Å². The summed E-state index contributed by atoms with van der Waals surface area (Å²) >= 11 is 0. The van der Waals surface area contributed by atoms with E-state index in [1.807, 2.05) is 32.0 Å². The Morgan fingerprint density at radius 1 is 1.11 bits per heavy atom. The Kier molecular flexibility index (Phi) is 6.64. The van der Waals surface area contributed by atoms with Gasteiger partial charge in [-0.2, -0.15) is 0 Å². The molecular weight excluding hydrogens is 240 g/mol. The first-order valence-electron chi connectivity index (χ1n) is 6.80. The Balaban J connectivity index is 2.24. The van der Waals surface area contributed by atoms with Gasteiger partial charge in [0, 0.05) is 31.6 Å². The van der Waals surface area contributed by atoms with Crippen LogP contribution in [0, 0.1) is 0 Å². The first-order chi connectivity index (χ1) is 9.19. The van der Waals surface area contributed by atoms with Crippen LogP contribution in [0.1, 0.15) is 37.0 Å². The van der Waals surface area contributed by atoms with E-state index in [1.54, 1.807) is 17.0 Å². The number of carbonyl (C=O) groups excluding carboxylic acids is 2. The van der Waals surface area contributed by atoms with Crippen molar-refractivity contribution in [2.24, 2.45) is 0 Å². The van der Waals surface area contributed by atoms with E-state index < -0.39 is 0 Å². The molecule has 0 spiro atoms. The van der Waals surface area contributed by atoms with Crippen molar-refractivity contribution < 1.29 is 9.59 Å². The van der Waals surface area contributed by atoms with Gasteiger partial charge in [-0.15, -0.1) is 0 Å².